The van der Waals surface area contributed by atoms with Crippen molar-refractivity contribution in [3.8, 4) is 0 Å². The highest BCUT2D eigenvalue weighted by Crippen LogP contribution is 2.33. The van der Waals surface area contributed by atoms with Crippen molar-refractivity contribution in [2.75, 3.05) is 24.6 Å². The zero-order valence-electron chi connectivity index (χ0n) is 15.0. The minimum Gasteiger partial charge on any atom is -0.367 e. The molecule has 1 fully saturated rings. The van der Waals surface area contributed by atoms with Crippen LogP contribution < -0.4 is 10.5 Å². The van der Waals surface area contributed by atoms with Gasteiger partial charge in [-0.2, -0.15) is 4.52 Å². The third-order valence-electron chi connectivity index (χ3n) is 4.72. The first-order valence-corrected chi connectivity index (χ1v) is 9.75. The third kappa shape index (κ3) is 3.12. The van der Waals surface area contributed by atoms with Gasteiger partial charge < -0.3 is 9.64 Å². The number of aromatic nitrogens is 3. The molecule has 1 aliphatic heterocycles. The van der Waals surface area contributed by atoms with Crippen LogP contribution in [0.4, 0.5) is 5.13 Å². The zero-order valence-corrected chi connectivity index (χ0v) is 15.8. The largest absolute Gasteiger partial charge is 0.367 e. The summed E-state index contributed by atoms with van der Waals surface area (Å²) in [6.07, 6.45) is 1.77. The Hall–Kier alpha value is -2.25. The number of aryl methyl sites for hydroxylation is 1. The molecular weight excluding hydrogens is 348 g/mol. The van der Waals surface area contributed by atoms with Crippen molar-refractivity contribution < 1.29 is 4.74 Å². The minimum absolute atomic E-state index is 0.111. The molecule has 1 unspecified atom stereocenters. The van der Waals surface area contributed by atoms with Crippen LogP contribution >= 0.6 is 11.3 Å². The highest BCUT2D eigenvalue weighted by molar-refractivity contribution is 7.20. The summed E-state index contributed by atoms with van der Waals surface area (Å²) in [4.78, 5) is 19.8. The van der Waals surface area contributed by atoms with Gasteiger partial charge in [0.1, 0.15) is 5.60 Å². The molecule has 1 atom stereocenters. The number of hydrogen-bond donors (Lipinski definition) is 0. The number of morpholine rings is 1. The molecule has 1 aliphatic rings. The lowest BCUT2D eigenvalue weighted by molar-refractivity contribution is -0.0466. The SMILES string of the molecule is CCCc1cc(=O)n2nc(N3CCOC(C)(c4ccccc4)C3)sc2n1. The summed E-state index contributed by atoms with van der Waals surface area (Å²) in [6.45, 7) is 6.24. The van der Waals surface area contributed by atoms with Gasteiger partial charge in [-0.1, -0.05) is 55.0 Å². The first-order chi connectivity index (χ1) is 12.6. The Bertz CT molecular complexity index is 969. The molecule has 1 saturated heterocycles. The molecule has 0 spiro atoms. The zero-order chi connectivity index (χ0) is 18.1. The maximum Gasteiger partial charge on any atom is 0.275 e. The Morgan fingerprint density at radius 2 is 2.12 bits per heavy atom. The van der Waals surface area contributed by atoms with E-state index in [1.165, 1.54) is 15.9 Å². The lowest BCUT2D eigenvalue weighted by atomic mass is 9.94. The molecule has 4 rings (SSSR count). The number of anilines is 1. The van der Waals surface area contributed by atoms with E-state index in [2.05, 4.69) is 41.0 Å². The lowest BCUT2D eigenvalue weighted by Crippen LogP contribution is -2.48. The van der Waals surface area contributed by atoms with Crippen molar-refractivity contribution in [3.63, 3.8) is 0 Å². The molecular formula is C19H22N4O2S. The maximum absolute atomic E-state index is 12.3. The molecule has 7 heteroatoms. The highest BCUT2D eigenvalue weighted by atomic mass is 32.1. The molecule has 26 heavy (non-hydrogen) atoms. The Labute approximate surface area is 156 Å². The van der Waals surface area contributed by atoms with Crippen LogP contribution in [0.1, 0.15) is 31.5 Å². The standard InChI is InChI=1S/C19H22N4O2S/c1-3-7-15-12-16(24)23-17(20-15)26-18(21-23)22-10-11-25-19(2,13-22)14-8-5-4-6-9-14/h4-6,8-9,12H,3,7,10-11,13H2,1-2H3. The van der Waals surface area contributed by atoms with Gasteiger partial charge >= 0.3 is 0 Å². The molecule has 136 valence electrons. The van der Waals surface area contributed by atoms with E-state index < -0.39 is 5.60 Å². The first-order valence-electron chi connectivity index (χ1n) is 8.93. The number of rotatable bonds is 4. The predicted octanol–water partition coefficient (Wildman–Crippen LogP) is 2.86. The van der Waals surface area contributed by atoms with Crippen molar-refractivity contribution >= 4 is 21.4 Å². The third-order valence-corrected chi connectivity index (χ3v) is 5.69. The fraction of sp³-hybridized carbons (Fsp3) is 0.421. The van der Waals surface area contributed by atoms with E-state index in [1.807, 2.05) is 18.2 Å². The second-order valence-electron chi connectivity index (χ2n) is 6.78. The summed E-state index contributed by atoms with van der Waals surface area (Å²) < 4.78 is 7.51. The van der Waals surface area contributed by atoms with Crippen LogP contribution in [-0.4, -0.2) is 34.3 Å². The molecule has 6 nitrogen and oxygen atoms in total. The fourth-order valence-electron chi connectivity index (χ4n) is 3.36. The van der Waals surface area contributed by atoms with Crippen molar-refractivity contribution in [1.29, 1.82) is 0 Å². The van der Waals surface area contributed by atoms with Gasteiger partial charge in [-0.15, -0.1) is 5.10 Å². The second-order valence-corrected chi connectivity index (χ2v) is 7.72. The topological polar surface area (TPSA) is 59.7 Å². The summed E-state index contributed by atoms with van der Waals surface area (Å²) in [6, 6.07) is 11.8. The first kappa shape index (κ1) is 17.2. The summed E-state index contributed by atoms with van der Waals surface area (Å²) in [5.74, 6) is 0. The van der Waals surface area contributed by atoms with Crippen molar-refractivity contribution in [3.05, 3.63) is 58.0 Å². The summed E-state index contributed by atoms with van der Waals surface area (Å²) in [5, 5.41) is 5.34. The van der Waals surface area contributed by atoms with Crippen LogP contribution in [0, 0.1) is 0 Å². The average Bonchev–Trinajstić information content (AvgIpc) is 3.08. The Morgan fingerprint density at radius 3 is 2.88 bits per heavy atom. The minimum atomic E-state index is -0.400. The summed E-state index contributed by atoms with van der Waals surface area (Å²) in [7, 11) is 0. The Balaban J connectivity index is 1.67. The molecule has 3 aromatic rings. The lowest BCUT2D eigenvalue weighted by Gasteiger charge is -2.40. The normalized spacial score (nSPS) is 20.6. The van der Waals surface area contributed by atoms with Gasteiger partial charge in [0, 0.05) is 18.3 Å². The van der Waals surface area contributed by atoms with E-state index in [1.54, 1.807) is 6.07 Å². The van der Waals surface area contributed by atoms with E-state index in [9.17, 15) is 4.79 Å². The molecule has 0 amide bonds. The predicted molar refractivity (Wildman–Crippen MR) is 103 cm³/mol. The molecule has 0 N–H and O–H groups in total. The summed E-state index contributed by atoms with van der Waals surface area (Å²) >= 11 is 1.47. The van der Waals surface area contributed by atoms with E-state index in [4.69, 9.17) is 4.74 Å². The van der Waals surface area contributed by atoms with Crippen LogP contribution in [0.3, 0.4) is 0 Å². The number of benzene rings is 1. The van der Waals surface area contributed by atoms with Gasteiger partial charge in [-0.05, 0) is 18.9 Å². The van der Waals surface area contributed by atoms with E-state index in [0.29, 0.717) is 18.1 Å². The van der Waals surface area contributed by atoms with Gasteiger partial charge in [-0.25, -0.2) is 4.98 Å². The molecule has 0 saturated carbocycles. The fourth-order valence-corrected chi connectivity index (χ4v) is 4.31. The quantitative estimate of drug-likeness (QED) is 0.707. The molecule has 0 aliphatic carbocycles. The van der Waals surface area contributed by atoms with Gasteiger partial charge in [0.15, 0.2) is 0 Å². The van der Waals surface area contributed by atoms with Crippen LogP contribution in [0.15, 0.2) is 41.2 Å². The Morgan fingerprint density at radius 1 is 1.31 bits per heavy atom. The van der Waals surface area contributed by atoms with Gasteiger partial charge in [0.2, 0.25) is 10.1 Å². The molecule has 0 bridgehead atoms. The molecule has 0 radical (unpaired) electrons. The smallest absolute Gasteiger partial charge is 0.275 e. The Kier molecular flexibility index (Phi) is 4.50. The molecule has 2 aromatic heterocycles. The van der Waals surface area contributed by atoms with Crippen molar-refractivity contribution in [2.45, 2.75) is 32.3 Å². The maximum atomic E-state index is 12.3. The van der Waals surface area contributed by atoms with Crippen molar-refractivity contribution in [2.24, 2.45) is 0 Å². The number of fused-ring (bicyclic) bond motifs is 1. The number of ether oxygens (including phenoxy) is 1. The van der Waals surface area contributed by atoms with E-state index in [0.717, 1.165) is 35.8 Å². The van der Waals surface area contributed by atoms with Crippen LogP contribution in [0.2, 0.25) is 0 Å². The number of hydrogen-bond acceptors (Lipinski definition) is 6. The van der Waals surface area contributed by atoms with Crippen molar-refractivity contribution in [1.82, 2.24) is 14.6 Å². The second kappa shape index (κ2) is 6.81. The van der Waals surface area contributed by atoms with Crippen LogP contribution in [0.25, 0.3) is 4.96 Å². The van der Waals surface area contributed by atoms with Gasteiger partial charge in [0.25, 0.3) is 5.56 Å². The van der Waals surface area contributed by atoms with Gasteiger partial charge in [-0.3, -0.25) is 4.79 Å². The van der Waals surface area contributed by atoms with E-state index in [-0.39, 0.29) is 5.56 Å². The summed E-state index contributed by atoms with van der Waals surface area (Å²) in [5.41, 5.74) is 1.47. The monoisotopic (exact) mass is 370 g/mol. The number of nitrogens with zero attached hydrogens (tertiary/aromatic N) is 4. The van der Waals surface area contributed by atoms with Gasteiger partial charge in [0.05, 0.1) is 13.2 Å². The average molecular weight is 370 g/mol. The molecule has 1 aromatic carbocycles. The van der Waals surface area contributed by atoms with Crippen LogP contribution in [0.5, 0.6) is 0 Å². The van der Waals surface area contributed by atoms with Crippen LogP contribution in [-0.2, 0) is 16.8 Å². The highest BCUT2D eigenvalue weighted by Gasteiger charge is 2.35. The molecule has 3 heterocycles. The van der Waals surface area contributed by atoms with E-state index >= 15 is 0 Å².